The molecule has 1 aliphatic heterocycles. The van der Waals surface area contributed by atoms with Crippen LogP contribution in [-0.2, 0) is 0 Å². The molecule has 0 unspecified atom stereocenters. The lowest BCUT2D eigenvalue weighted by Crippen LogP contribution is -2.40. The number of benzene rings is 1. The predicted molar refractivity (Wildman–Crippen MR) is 56.1 cm³/mol. The molecule has 15 heavy (non-hydrogen) atoms. The maximum atomic E-state index is 8.98. The third-order valence-electron chi connectivity index (χ3n) is 2.56. The quantitative estimate of drug-likeness (QED) is 0.650. The molecule has 0 bridgehead atoms. The third-order valence-corrected chi connectivity index (χ3v) is 2.56. The maximum Gasteiger partial charge on any atom is 0.225 e. The zero-order valence-electron chi connectivity index (χ0n) is 9.13. The van der Waals surface area contributed by atoms with Gasteiger partial charge in [-0.05, 0) is 31.9 Å². The summed E-state index contributed by atoms with van der Waals surface area (Å²) >= 11 is 0. The summed E-state index contributed by atoms with van der Waals surface area (Å²) in [6, 6.07) is 6.09. The van der Waals surface area contributed by atoms with Gasteiger partial charge in [0.05, 0.1) is 0 Å². The molecule has 0 N–H and O–H groups in total. The van der Waals surface area contributed by atoms with Crippen molar-refractivity contribution in [3.8, 4) is 17.6 Å². The van der Waals surface area contributed by atoms with Gasteiger partial charge in [0.2, 0.25) is 5.60 Å². The van der Waals surface area contributed by atoms with Crippen molar-refractivity contribution >= 4 is 0 Å². The zero-order valence-corrected chi connectivity index (χ0v) is 9.13. The summed E-state index contributed by atoms with van der Waals surface area (Å²) < 4.78 is 11.3. The second-order valence-corrected chi connectivity index (χ2v) is 4.09. The van der Waals surface area contributed by atoms with E-state index in [0.29, 0.717) is 5.75 Å². The van der Waals surface area contributed by atoms with Crippen LogP contribution in [0.2, 0.25) is 0 Å². The third kappa shape index (κ3) is 1.52. The molecule has 1 aromatic carbocycles. The minimum absolute atomic E-state index is 0.279. The van der Waals surface area contributed by atoms with Crippen LogP contribution in [0, 0.1) is 25.2 Å². The second kappa shape index (κ2) is 3.16. The van der Waals surface area contributed by atoms with Crippen LogP contribution in [-0.4, -0.2) is 12.2 Å². The molecule has 0 aliphatic carbocycles. The van der Waals surface area contributed by atoms with Gasteiger partial charge in [-0.3, -0.25) is 0 Å². The summed E-state index contributed by atoms with van der Waals surface area (Å²) in [6.45, 7) is 5.93. The topological polar surface area (TPSA) is 42.2 Å². The molecular weight excluding hydrogens is 190 g/mol. The van der Waals surface area contributed by atoms with Crippen molar-refractivity contribution in [2.24, 2.45) is 0 Å². The van der Waals surface area contributed by atoms with Crippen LogP contribution >= 0.6 is 0 Å². The van der Waals surface area contributed by atoms with Gasteiger partial charge in [-0.25, -0.2) is 0 Å². The van der Waals surface area contributed by atoms with E-state index in [9.17, 15) is 0 Å². The van der Waals surface area contributed by atoms with Gasteiger partial charge in [-0.2, -0.15) is 5.26 Å². The Morgan fingerprint density at radius 2 is 1.87 bits per heavy atom. The van der Waals surface area contributed by atoms with Gasteiger partial charge < -0.3 is 9.47 Å². The first-order valence-corrected chi connectivity index (χ1v) is 4.89. The predicted octanol–water partition coefficient (Wildman–Crippen LogP) is 2.36. The largest absolute Gasteiger partial charge is 0.484 e. The average Bonchev–Trinajstić information content (AvgIpc) is 2.24. The zero-order chi connectivity index (χ0) is 11.1. The van der Waals surface area contributed by atoms with Gasteiger partial charge in [0.15, 0.2) is 11.5 Å². The Kier molecular flexibility index (Phi) is 2.08. The molecule has 0 fully saturated rings. The molecule has 0 saturated carbocycles. The van der Waals surface area contributed by atoms with Crippen LogP contribution in [0.5, 0.6) is 11.5 Å². The summed E-state index contributed by atoms with van der Waals surface area (Å²) in [5.41, 5.74) is 1.17. The van der Waals surface area contributed by atoms with Crippen LogP contribution in [0.1, 0.15) is 18.1 Å². The summed E-state index contributed by atoms with van der Waals surface area (Å²) in [7, 11) is 0. The second-order valence-electron chi connectivity index (χ2n) is 4.09. The molecule has 3 heteroatoms. The van der Waals surface area contributed by atoms with E-state index in [1.807, 2.05) is 26.0 Å². The maximum absolute atomic E-state index is 8.98. The molecule has 0 saturated heterocycles. The highest BCUT2D eigenvalue weighted by Crippen LogP contribution is 2.40. The number of rotatable bonds is 0. The van der Waals surface area contributed by atoms with Crippen LogP contribution in [0.25, 0.3) is 0 Å². The number of nitriles is 1. The van der Waals surface area contributed by atoms with Crippen molar-refractivity contribution in [3.05, 3.63) is 23.3 Å². The summed E-state index contributed by atoms with van der Waals surface area (Å²) in [5, 5.41) is 8.98. The van der Waals surface area contributed by atoms with Gasteiger partial charge in [0.25, 0.3) is 0 Å². The molecule has 1 aromatic rings. The Morgan fingerprint density at radius 3 is 2.47 bits per heavy atom. The molecule has 0 aromatic heterocycles. The lowest BCUT2D eigenvalue weighted by Gasteiger charge is -2.31. The number of aryl methyl sites for hydroxylation is 2. The van der Waals surface area contributed by atoms with Crippen molar-refractivity contribution in [2.45, 2.75) is 26.4 Å². The Balaban J connectivity index is 2.51. The molecule has 2 rings (SSSR count). The first-order chi connectivity index (χ1) is 7.06. The number of hydrogen-bond acceptors (Lipinski definition) is 3. The van der Waals surface area contributed by atoms with Crippen molar-refractivity contribution in [3.63, 3.8) is 0 Å². The molecule has 1 atom stereocenters. The summed E-state index contributed by atoms with van der Waals surface area (Å²) in [6.07, 6.45) is 0. The number of nitrogens with zero attached hydrogens (tertiary/aromatic N) is 1. The average molecular weight is 203 g/mol. The molecule has 1 aliphatic rings. The van der Waals surface area contributed by atoms with Gasteiger partial charge in [0.1, 0.15) is 12.7 Å². The molecule has 0 radical (unpaired) electrons. The minimum Gasteiger partial charge on any atom is -0.484 e. The Hall–Kier alpha value is -1.69. The van der Waals surface area contributed by atoms with Crippen LogP contribution in [0.15, 0.2) is 12.1 Å². The van der Waals surface area contributed by atoms with E-state index in [2.05, 4.69) is 6.07 Å². The van der Waals surface area contributed by atoms with Crippen molar-refractivity contribution < 1.29 is 9.47 Å². The van der Waals surface area contributed by atoms with Crippen molar-refractivity contribution in [1.29, 1.82) is 5.26 Å². The van der Waals surface area contributed by atoms with Crippen LogP contribution in [0.3, 0.4) is 0 Å². The fourth-order valence-corrected chi connectivity index (χ4v) is 1.59. The van der Waals surface area contributed by atoms with Gasteiger partial charge in [-0.1, -0.05) is 12.1 Å². The Labute approximate surface area is 89.2 Å². The fourth-order valence-electron chi connectivity index (χ4n) is 1.59. The highest BCUT2D eigenvalue weighted by Gasteiger charge is 2.34. The smallest absolute Gasteiger partial charge is 0.225 e. The number of hydrogen-bond donors (Lipinski definition) is 0. The minimum atomic E-state index is -0.869. The standard InChI is InChI=1S/C12H13NO2/c1-8-4-5-9(2)11-10(8)14-7-12(3,6-13)15-11/h4-5H,7H2,1-3H3/t12-/m0/s1. The normalized spacial score (nSPS) is 23.3. The summed E-state index contributed by atoms with van der Waals surface area (Å²) in [4.78, 5) is 0. The van der Waals surface area contributed by atoms with E-state index in [1.54, 1.807) is 6.92 Å². The van der Waals surface area contributed by atoms with Gasteiger partial charge >= 0.3 is 0 Å². The first kappa shape index (κ1) is 9.85. The molecule has 78 valence electrons. The van der Waals surface area contributed by atoms with Crippen LogP contribution in [0.4, 0.5) is 0 Å². The molecular formula is C12H13NO2. The first-order valence-electron chi connectivity index (χ1n) is 4.89. The monoisotopic (exact) mass is 203 g/mol. The van der Waals surface area contributed by atoms with E-state index in [1.165, 1.54) is 0 Å². The Bertz CT molecular complexity index is 448. The van der Waals surface area contributed by atoms with Crippen molar-refractivity contribution in [2.75, 3.05) is 6.61 Å². The lowest BCUT2D eigenvalue weighted by molar-refractivity contribution is 0.0489. The van der Waals surface area contributed by atoms with Gasteiger partial charge in [0, 0.05) is 0 Å². The van der Waals surface area contributed by atoms with E-state index in [4.69, 9.17) is 14.7 Å². The molecule has 0 spiro atoms. The highest BCUT2D eigenvalue weighted by atomic mass is 16.6. The summed E-state index contributed by atoms with van der Waals surface area (Å²) in [5.74, 6) is 1.47. The molecule has 1 heterocycles. The number of fused-ring (bicyclic) bond motifs is 1. The number of ether oxygens (including phenoxy) is 2. The lowest BCUT2D eigenvalue weighted by atomic mass is 10.1. The van der Waals surface area contributed by atoms with E-state index >= 15 is 0 Å². The molecule has 3 nitrogen and oxygen atoms in total. The Morgan fingerprint density at radius 1 is 1.27 bits per heavy atom. The van der Waals surface area contributed by atoms with Gasteiger partial charge in [-0.15, -0.1) is 0 Å². The van der Waals surface area contributed by atoms with E-state index in [-0.39, 0.29) is 6.61 Å². The fraction of sp³-hybridized carbons (Fsp3) is 0.417. The van der Waals surface area contributed by atoms with E-state index in [0.717, 1.165) is 16.9 Å². The SMILES string of the molecule is Cc1ccc(C)c2c1OC[C@](C)(C#N)O2. The van der Waals surface area contributed by atoms with E-state index < -0.39 is 5.60 Å². The van der Waals surface area contributed by atoms with Crippen LogP contribution < -0.4 is 9.47 Å². The molecule has 0 amide bonds. The van der Waals surface area contributed by atoms with Crippen molar-refractivity contribution in [1.82, 2.24) is 0 Å². The highest BCUT2D eigenvalue weighted by molar-refractivity contribution is 5.52.